The van der Waals surface area contributed by atoms with Crippen molar-refractivity contribution < 1.29 is 4.74 Å². The minimum atomic E-state index is -0.510. The van der Waals surface area contributed by atoms with Crippen molar-refractivity contribution in [2.75, 3.05) is 11.9 Å². The molecule has 0 amide bonds. The number of hydrogen-bond acceptors (Lipinski definition) is 4. The molecule has 2 aromatic carbocycles. The van der Waals surface area contributed by atoms with Crippen molar-refractivity contribution in [3.8, 4) is 0 Å². The summed E-state index contributed by atoms with van der Waals surface area (Å²) < 4.78 is 7.16. The number of nitrogens with one attached hydrogen (secondary N) is 2. The van der Waals surface area contributed by atoms with Crippen LogP contribution in [0, 0.1) is 0 Å². The minimum absolute atomic E-state index is 0.348. The maximum atomic E-state index is 12.1. The first-order chi connectivity index (χ1) is 13.1. The lowest BCUT2D eigenvalue weighted by molar-refractivity contribution is 0.000939. The lowest BCUT2D eigenvalue weighted by atomic mass is 10.1. The van der Waals surface area contributed by atoms with E-state index in [0.717, 1.165) is 12.0 Å². The fraction of sp³-hybridized carbons (Fsp3) is 0.238. The Kier molecular flexibility index (Phi) is 6.22. The predicted molar refractivity (Wildman–Crippen MR) is 106 cm³/mol. The first-order valence-corrected chi connectivity index (χ1v) is 8.92. The van der Waals surface area contributed by atoms with E-state index in [1.54, 1.807) is 6.92 Å². The zero-order valence-corrected chi connectivity index (χ0v) is 15.2. The number of anilines is 1. The molecule has 2 N–H and O–H groups in total. The van der Waals surface area contributed by atoms with E-state index in [9.17, 15) is 9.59 Å². The summed E-state index contributed by atoms with van der Waals surface area (Å²) in [6.07, 6.45) is 1.78. The summed E-state index contributed by atoms with van der Waals surface area (Å²) in [5.74, 6) is 0. The predicted octanol–water partition coefficient (Wildman–Crippen LogP) is 2.93. The van der Waals surface area contributed by atoms with E-state index >= 15 is 0 Å². The van der Waals surface area contributed by atoms with Crippen LogP contribution >= 0.6 is 0 Å². The van der Waals surface area contributed by atoms with Crippen LogP contribution in [0.15, 0.2) is 76.4 Å². The highest BCUT2D eigenvalue weighted by atomic mass is 16.5. The lowest BCUT2D eigenvalue weighted by Gasteiger charge is -2.17. The third-order valence-corrected chi connectivity index (χ3v) is 4.27. The van der Waals surface area contributed by atoms with Crippen molar-refractivity contribution in [1.29, 1.82) is 0 Å². The molecule has 6 nitrogen and oxygen atoms in total. The normalized spacial score (nSPS) is 11.9. The Bertz CT molecular complexity index is 965. The molecule has 1 unspecified atom stereocenters. The molecule has 1 aromatic heterocycles. The van der Waals surface area contributed by atoms with Gasteiger partial charge in [0, 0.05) is 12.7 Å². The highest BCUT2D eigenvalue weighted by Gasteiger charge is 2.11. The number of aromatic nitrogens is 2. The molecule has 140 valence electrons. The maximum absolute atomic E-state index is 12.1. The molecule has 3 aromatic rings. The third-order valence-electron chi connectivity index (χ3n) is 4.27. The van der Waals surface area contributed by atoms with Crippen LogP contribution in [0.3, 0.4) is 0 Å². The van der Waals surface area contributed by atoms with Gasteiger partial charge in [0.15, 0.2) is 0 Å². The van der Waals surface area contributed by atoms with E-state index in [4.69, 9.17) is 4.74 Å². The zero-order chi connectivity index (χ0) is 19.1. The second-order valence-electron chi connectivity index (χ2n) is 6.27. The number of ether oxygens (including phenoxy) is 1. The Balaban J connectivity index is 1.65. The number of hydrogen-bond donors (Lipinski definition) is 2. The molecule has 1 heterocycles. The summed E-state index contributed by atoms with van der Waals surface area (Å²) in [4.78, 5) is 26.5. The number of aromatic amines is 1. The Morgan fingerprint density at radius 3 is 2.30 bits per heavy atom. The second kappa shape index (κ2) is 9.00. The summed E-state index contributed by atoms with van der Waals surface area (Å²) in [6, 6.07) is 19.7. The van der Waals surface area contributed by atoms with Crippen molar-refractivity contribution in [2.45, 2.75) is 26.2 Å². The van der Waals surface area contributed by atoms with E-state index in [0.29, 0.717) is 18.8 Å². The van der Waals surface area contributed by atoms with Gasteiger partial charge in [0.25, 0.3) is 5.56 Å². The van der Waals surface area contributed by atoms with Gasteiger partial charge < -0.3 is 10.1 Å². The Hall–Kier alpha value is -3.12. The average Bonchev–Trinajstić information content (AvgIpc) is 2.69. The zero-order valence-electron chi connectivity index (χ0n) is 15.2. The monoisotopic (exact) mass is 365 g/mol. The highest BCUT2D eigenvalue weighted by molar-refractivity contribution is 5.38. The van der Waals surface area contributed by atoms with Gasteiger partial charge in [-0.2, -0.15) is 0 Å². The van der Waals surface area contributed by atoms with Gasteiger partial charge in [-0.3, -0.25) is 14.3 Å². The quantitative estimate of drug-likeness (QED) is 0.644. The second-order valence-corrected chi connectivity index (χ2v) is 6.27. The SMILES string of the molecule is CC(OCc1ccccc1)n1cc(NCCc2ccccc2)c(=O)[nH]c1=O. The van der Waals surface area contributed by atoms with Gasteiger partial charge in [-0.1, -0.05) is 60.7 Å². The fourth-order valence-corrected chi connectivity index (χ4v) is 2.74. The smallest absolute Gasteiger partial charge is 0.330 e. The summed E-state index contributed by atoms with van der Waals surface area (Å²) in [6.45, 7) is 2.74. The number of benzene rings is 2. The van der Waals surface area contributed by atoms with Crippen molar-refractivity contribution in [2.24, 2.45) is 0 Å². The van der Waals surface area contributed by atoms with Crippen LogP contribution < -0.4 is 16.6 Å². The topological polar surface area (TPSA) is 76.1 Å². The molecule has 0 saturated heterocycles. The van der Waals surface area contributed by atoms with Crippen LogP contribution in [-0.2, 0) is 17.8 Å². The van der Waals surface area contributed by atoms with Crippen LogP contribution in [0.1, 0.15) is 24.3 Å². The molecule has 0 fully saturated rings. The molecule has 6 heteroatoms. The first kappa shape index (κ1) is 18.7. The van der Waals surface area contributed by atoms with E-state index in [-0.39, 0.29) is 0 Å². The van der Waals surface area contributed by atoms with E-state index in [1.165, 1.54) is 16.3 Å². The van der Waals surface area contributed by atoms with Gasteiger partial charge in [0.05, 0.1) is 6.61 Å². The molecule has 0 aliphatic rings. The standard InChI is InChI=1S/C21H23N3O3/c1-16(27-15-18-10-6-3-7-11-18)24-14-19(20(25)23-21(24)26)22-13-12-17-8-4-2-5-9-17/h2-11,14,16,22H,12-13,15H2,1H3,(H,23,25,26). The molecule has 0 radical (unpaired) electrons. The summed E-state index contributed by atoms with van der Waals surface area (Å²) >= 11 is 0. The largest absolute Gasteiger partial charge is 0.379 e. The van der Waals surface area contributed by atoms with Gasteiger partial charge >= 0.3 is 5.69 Å². The number of rotatable bonds is 8. The molecular weight excluding hydrogens is 342 g/mol. The van der Waals surface area contributed by atoms with Crippen molar-refractivity contribution in [3.63, 3.8) is 0 Å². The lowest BCUT2D eigenvalue weighted by Crippen LogP contribution is -2.33. The van der Waals surface area contributed by atoms with Gasteiger partial charge in [-0.25, -0.2) is 4.79 Å². The Labute approximate surface area is 157 Å². The van der Waals surface area contributed by atoms with Crippen LogP contribution in [0.2, 0.25) is 0 Å². The molecular formula is C21H23N3O3. The first-order valence-electron chi connectivity index (χ1n) is 8.92. The molecule has 0 saturated carbocycles. The van der Waals surface area contributed by atoms with Gasteiger partial charge in [0.1, 0.15) is 11.9 Å². The van der Waals surface area contributed by atoms with Crippen LogP contribution in [0.5, 0.6) is 0 Å². The van der Waals surface area contributed by atoms with E-state index < -0.39 is 17.5 Å². The molecule has 27 heavy (non-hydrogen) atoms. The van der Waals surface area contributed by atoms with Gasteiger partial charge in [0.2, 0.25) is 0 Å². The Morgan fingerprint density at radius 2 is 1.63 bits per heavy atom. The number of H-pyrrole nitrogens is 1. The molecule has 0 aliphatic carbocycles. The molecule has 3 rings (SSSR count). The van der Waals surface area contributed by atoms with E-state index in [1.807, 2.05) is 60.7 Å². The maximum Gasteiger partial charge on any atom is 0.330 e. The fourth-order valence-electron chi connectivity index (χ4n) is 2.74. The summed E-state index contributed by atoms with van der Waals surface area (Å²) in [5, 5.41) is 3.10. The van der Waals surface area contributed by atoms with Crippen molar-refractivity contribution >= 4 is 5.69 Å². The van der Waals surface area contributed by atoms with Crippen LogP contribution in [0.25, 0.3) is 0 Å². The number of nitrogens with zero attached hydrogens (tertiary/aromatic N) is 1. The van der Waals surface area contributed by atoms with Gasteiger partial charge in [-0.15, -0.1) is 0 Å². The molecule has 0 bridgehead atoms. The van der Waals surface area contributed by atoms with Crippen LogP contribution in [0.4, 0.5) is 5.69 Å². The molecule has 1 atom stereocenters. The van der Waals surface area contributed by atoms with Crippen molar-refractivity contribution in [1.82, 2.24) is 9.55 Å². The summed E-state index contributed by atoms with van der Waals surface area (Å²) in [7, 11) is 0. The van der Waals surface area contributed by atoms with Gasteiger partial charge in [-0.05, 0) is 24.5 Å². The Morgan fingerprint density at radius 1 is 1.00 bits per heavy atom. The minimum Gasteiger partial charge on any atom is -0.379 e. The van der Waals surface area contributed by atoms with E-state index in [2.05, 4.69) is 10.3 Å². The molecule has 0 aliphatic heterocycles. The third kappa shape index (κ3) is 5.18. The van der Waals surface area contributed by atoms with Crippen LogP contribution in [-0.4, -0.2) is 16.1 Å². The average molecular weight is 365 g/mol. The summed E-state index contributed by atoms with van der Waals surface area (Å²) in [5.41, 5.74) is 1.62. The molecule has 0 spiro atoms. The van der Waals surface area contributed by atoms with Crippen molar-refractivity contribution in [3.05, 3.63) is 98.8 Å². The highest BCUT2D eigenvalue weighted by Crippen LogP contribution is 2.10.